The summed E-state index contributed by atoms with van der Waals surface area (Å²) in [7, 11) is 0. The zero-order chi connectivity index (χ0) is 30.0. The van der Waals surface area contributed by atoms with E-state index in [1.807, 2.05) is 24.3 Å². The van der Waals surface area contributed by atoms with Crippen LogP contribution in [0.25, 0.3) is 72.4 Å². The maximum atomic E-state index is 5.36. The van der Waals surface area contributed by atoms with E-state index >= 15 is 0 Å². The lowest BCUT2D eigenvalue weighted by Crippen LogP contribution is -1.97. The van der Waals surface area contributed by atoms with Crippen LogP contribution in [0.5, 0.6) is 0 Å². The van der Waals surface area contributed by atoms with Crippen molar-refractivity contribution in [1.82, 2.24) is 15.0 Å². The Morgan fingerprint density at radius 2 is 1.07 bits per heavy atom. The first-order valence-corrected chi connectivity index (χ1v) is 15.3. The number of allylic oxidation sites excluding steroid dienone is 6. The van der Waals surface area contributed by atoms with E-state index in [0.29, 0.717) is 0 Å². The first-order valence-electron chi connectivity index (χ1n) is 15.3. The summed E-state index contributed by atoms with van der Waals surface area (Å²) >= 11 is 0. The molecule has 0 unspecified atom stereocenters. The summed E-state index contributed by atoms with van der Waals surface area (Å²) < 4.78 is 0. The number of aromatic nitrogens is 3. The highest BCUT2D eigenvalue weighted by atomic mass is 14.8. The summed E-state index contributed by atoms with van der Waals surface area (Å²) in [6.07, 6.45) is 11.7. The quantitative estimate of drug-likeness (QED) is 0.192. The van der Waals surface area contributed by atoms with Gasteiger partial charge in [0, 0.05) is 21.9 Å². The fraction of sp³-hybridized carbons (Fsp3) is 0.0238. The Morgan fingerprint density at radius 1 is 0.444 bits per heavy atom. The molecule has 1 aliphatic rings. The molecule has 45 heavy (non-hydrogen) atoms. The Labute approximate surface area is 262 Å². The third-order valence-corrected chi connectivity index (χ3v) is 8.28. The molecule has 0 aliphatic heterocycles. The van der Waals surface area contributed by atoms with Gasteiger partial charge in [-0.25, -0.2) is 15.0 Å². The SMILES string of the molecule is C1=CCC=C(c2cc(-c3ccccc3)nc(-c3cc(-c4ccccc4)c4ccc5ccc(-c6ccccc6)nc5c4n3)c2)C=C1. The van der Waals surface area contributed by atoms with Gasteiger partial charge in [-0.3, -0.25) is 0 Å². The van der Waals surface area contributed by atoms with Gasteiger partial charge in [0.1, 0.15) is 0 Å². The monoisotopic (exact) mass is 575 g/mol. The van der Waals surface area contributed by atoms with Crippen molar-refractivity contribution in [3.05, 3.63) is 169 Å². The third-order valence-electron chi connectivity index (χ3n) is 8.28. The smallest absolute Gasteiger partial charge is 0.0979 e. The van der Waals surface area contributed by atoms with E-state index in [4.69, 9.17) is 15.0 Å². The molecule has 3 heteroatoms. The minimum Gasteiger partial charge on any atom is -0.246 e. The Balaban J connectivity index is 1.41. The fourth-order valence-corrected chi connectivity index (χ4v) is 6.01. The number of pyridine rings is 3. The van der Waals surface area contributed by atoms with E-state index in [1.165, 1.54) is 5.57 Å². The molecule has 0 amide bonds. The normalized spacial score (nSPS) is 12.8. The van der Waals surface area contributed by atoms with E-state index in [1.54, 1.807) is 0 Å². The minimum atomic E-state index is 0.816. The zero-order valence-corrected chi connectivity index (χ0v) is 24.6. The molecule has 8 rings (SSSR count). The molecule has 0 fully saturated rings. The van der Waals surface area contributed by atoms with E-state index in [0.717, 1.165) is 78.8 Å². The molecule has 0 spiro atoms. The van der Waals surface area contributed by atoms with Crippen molar-refractivity contribution in [2.24, 2.45) is 0 Å². The van der Waals surface area contributed by atoms with Crippen LogP contribution < -0.4 is 0 Å². The number of hydrogen-bond acceptors (Lipinski definition) is 3. The molecule has 0 radical (unpaired) electrons. The highest BCUT2D eigenvalue weighted by Crippen LogP contribution is 2.37. The Kier molecular flexibility index (Phi) is 6.89. The van der Waals surface area contributed by atoms with Crippen molar-refractivity contribution >= 4 is 27.4 Å². The van der Waals surface area contributed by atoms with E-state index in [9.17, 15) is 0 Å². The van der Waals surface area contributed by atoms with Gasteiger partial charge in [0.05, 0.1) is 33.8 Å². The van der Waals surface area contributed by atoms with Crippen LogP contribution in [0, 0.1) is 0 Å². The van der Waals surface area contributed by atoms with Gasteiger partial charge in [-0.05, 0) is 52.9 Å². The molecular formula is C42H29N3. The first kappa shape index (κ1) is 26.7. The van der Waals surface area contributed by atoms with Gasteiger partial charge in [0.2, 0.25) is 0 Å². The van der Waals surface area contributed by atoms with Crippen molar-refractivity contribution in [3.8, 4) is 45.0 Å². The Morgan fingerprint density at radius 3 is 1.82 bits per heavy atom. The topological polar surface area (TPSA) is 38.7 Å². The second kappa shape index (κ2) is 11.6. The standard InChI is InChI=1S/C42H29N3/c1-2-7-15-29(14-6-1)34-26-38(32-20-12-5-13-21-32)43-39(27-34)40-28-36(30-16-8-3-9-17-30)35-24-22-33-23-25-37(31-18-10-4-11-19-31)44-41(33)42(35)45-40/h1-6,8-28H,7H2. The maximum Gasteiger partial charge on any atom is 0.0979 e. The van der Waals surface area contributed by atoms with Crippen LogP contribution in [0.1, 0.15) is 12.0 Å². The number of rotatable bonds is 5. The van der Waals surface area contributed by atoms with Crippen LogP contribution in [-0.2, 0) is 0 Å². The van der Waals surface area contributed by atoms with Crippen molar-refractivity contribution in [1.29, 1.82) is 0 Å². The van der Waals surface area contributed by atoms with Gasteiger partial charge >= 0.3 is 0 Å². The average molecular weight is 576 g/mol. The summed E-state index contributed by atoms with van der Waals surface area (Å²) in [5, 5.41) is 2.12. The maximum absolute atomic E-state index is 5.36. The fourth-order valence-electron chi connectivity index (χ4n) is 6.01. The summed E-state index contributed by atoms with van der Waals surface area (Å²) in [5.74, 6) is 0. The molecule has 1 aliphatic carbocycles. The molecule has 212 valence electrons. The van der Waals surface area contributed by atoms with Crippen LogP contribution in [0.2, 0.25) is 0 Å². The minimum absolute atomic E-state index is 0.816. The average Bonchev–Trinajstić information content (AvgIpc) is 3.42. The first-order chi connectivity index (χ1) is 22.3. The van der Waals surface area contributed by atoms with Gasteiger partial charge in [-0.1, -0.05) is 140 Å². The van der Waals surface area contributed by atoms with Crippen LogP contribution in [0.15, 0.2) is 164 Å². The van der Waals surface area contributed by atoms with E-state index in [-0.39, 0.29) is 0 Å². The number of benzene rings is 4. The van der Waals surface area contributed by atoms with E-state index in [2.05, 4.69) is 140 Å². The van der Waals surface area contributed by atoms with E-state index < -0.39 is 0 Å². The van der Waals surface area contributed by atoms with Crippen molar-refractivity contribution < 1.29 is 0 Å². The Bertz CT molecular complexity index is 2270. The molecule has 3 aromatic heterocycles. The van der Waals surface area contributed by atoms with Crippen molar-refractivity contribution in [2.45, 2.75) is 6.42 Å². The number of nitrogens with zero attached hydrogens (tertiary/aromatic N) is 3. The van der Waals surface area contributed by atoms with Crippen LogP contribution in [-0.4, -0.2) is 15.0 Å². The lowest BCUT2D eigenvalue weighted by atomic mass is 9.96. The second-order valence-electron chi connectivity index (χ2n) is 11.2. The third kappa shape index (κ3) is 5.26. The Hall–Kier alpha value is -5.93. The molecule has 0 bridgehead atoms. The summed E-state index contributed by atoms with van der Waals surface area (Å²) in [6.45, 7) is 0. The molecule has 3 heterocycles. The predicted molar refractivity (Wildman–Crippen MR) is 187 cm³/mol. The number of fused-ring (bicyclic) bond motifs is 3. The van der Waals surface area contributed by atoms with Gasteiger partial charge < -0.3 is 0 Å². The van der Waals surface area contributed by atoms with Gasteiger partial charge in [0.15, 0.2) is 0 Å². The highest BCUT2D eigenvalue weighted by Gasteiger charge is 2.16. The zero-order valence-electron chi connectivity index (χ0n) is 24.6. The van der Waals surface area contributed by atoms with Gasteiger partial charge in [0.25, 0.3) is 0 Å². The second-order valence-corrected chi connectivity index (χ2v) is 11.2. The lowest BCUT2D eigenvalue weighted by Gasteiger charge is -2.14. The largest absolute Gasteiger partial charge is 0.246 e. The molecule has 0 saturated carbocycles. The molecule has 0 atom stereocenters. The van der Waals surface area contributed by atoms with Crippen molar-refractivity contribution in [3.63, 3.8) is 0 Å². The van der Waals surface area contributed by atoms with Crippen LogP contribution in [0.4, 0.5) is 0 Å². The van der Waals surface area contributed by atoms with Crippen LogP contribution in [0.3, 0.4) is 0 Å². The van der Waals surface area contributed by atoms with Crippen molar-refractivity contribution in [2.75, 3.05) is 0 Å². The summed E-state index contributed by atoms with van der Waals surface area (Å²) in [6, 6.07) is 46.3. The molecule has 4 aromatic carbocycles. The lowest BCUT2D eigenvalue weighted by molar-refractivity contribution is 1.27. The predicted octanol–water partition coefficient (Wildman–Crippen LogP) is 10.7. The highest BCUT2D eigenvalue weighted by molar-refractivity contribution is 6.09. The van der Waals surface area contributed by atoms with Crippen LogP contribution >= 0.6 is 0 Å². The molecular weight excluding hydrogens is 546 g/mol. The summed E-state index contributed by atoms with van der Waals surface area (Å²) in [5.41, 5.74) is 11.9. The molecule has 0 saturated heterocycles. The van der Waals surface area contributed by atoms with Gasteiger partial charge in [-0.2, -0.15) is 0 Å². The number of hydrogen-bond donors (Lipinski definition) is 0. The molecule has 0 N–H and O–H groups in total. The molecule has 3 nitrogen and oxygen atoms in total. The summed E-state index contributed by atoms with van der Waals surface area (Å²) in [4.78, 5) is 15.8. The van der Waals surface area contributed by atoms with Gasteiger partial charge in [-0.15, -0.1) is 0 Å². The molecule has 7 aromatic rings.